The molecular formula is C34H40N6O2S. The van der Waals surface area contributed by atoms with Crippen LogP contribution in [0.2, 0.25) is 0 Å². The molecule has 0 spiro atoms. The Labute approximate surface area is 259 Å². The molecule has 1 amide bonds. The van der Waals surface area contributed by atoms with E-state index in [4.69, 9.17) is 17.0 Å². The molecule has 1 saturated heterocycles. The quantitative estimate of drug-likeness (QED) is 0.196. The molecular weight excluding hydrogens is 556 g/mol. The highest BCUT2D eigenvalue weighted by molar-refractivity contribution is 7.80. The molecule has 4 aromatic rings. The van der Waals surface area contributed by atoms with Crippen molar-refractivity contribution in [2.24, 2.45) is 0 Å². The molecule has 1 aliphatic heterocycles. The first-order valence-corrected chi connectivity index (χ1v) is 15.2. The molecule has 43 heavy (non-hydrogen) atoms. The SMILES string of the molecule is CCN(CC)c1ccc(-n2c(C)cc([C@H]3[C@H](c4ccccn4)NC(=S)N3CCC(=O)Nc3ccccc3OC)c2C)cc1. The summed E-state index contributed by atoms with van der Waals surface area (Å²) < 4.78 is 7.70. The highest BCUT2D eigenvalue weighted by Crippen LogP contribution is 2.41. The molecule has 1 fully saturated rings. The Kier molecular flexibility index (Phi) is 9.31. The Morgan fingerprint density at radius 3 is 2.44 bits per heavy atom. The maximum absolute atomic E-state index is 13.1. The average Bonchev–Trinajstić information content (AvgIpc) is 3.51. The fourth-order valence-corrected chi connectivity index (χ4v) is 6.38. The summed E-state index contributed by atoms with van der Waals surface area (Å²) in [5.41, 5.74) is 7.30. The van der Waals surface area contributed by atoms with Gasteiger partial charge in [0, 0.05) is 55.0 Å². The number of aryl methyl sites for hydroxylation is 1. The lowest BCUT2D eigenvalue weighted by atomic mass is 9.96. The van der Waals surface area contributed by atoms with Crippen molar-refractivity contribution in [3.63, 3.8) is 0 Å². The molecule has 0 radical (unpaired) electrons. The average molecular weight is 597 g/mol. The lowest BCUT2D eigenvalue weighted by Crippen LogP contribution is -2.33. The number of para-hydroxylation sites is 2. The summed E-state index contributed by atoms with van der Waals surface area (Å²) in [6, 6.07) is 24.0. The first-order valence-electron chi connectivity index (χ1n) is 14.8. The van der Waals surface area contributed by atoms with Crippen LogP contribution in [0.1, 0.15) is 55.0 Å². The van der Waals surface area contributed by atoms with Gasteiger partial charge in [0.05, 0.1) is 30.6 Å². The summed E-state index contributed by atoms with van der Waals surface area (Å²) >= 11 is 5.88. The zero-order chi connectivity index (χ0) is 30.5. The number of thiocarbonyl (C=S) groups is 1. The van der Waals surface area contributed by atoms with Crippen LogP contribution in [-0.2, 0) is 4.79 Å². The molecule has 1 aliphatic rings. The number of nitrogens with one attached hydrogen (secondary N) is 2. The van der Waals surface area contributed by atoms with Crippen molar-refractivity contribution in [1.82, 2.24) is 19.8 Å². The number of hydrogen-bond donors (Lipinski definition) is 2. The molecule has 2 aromatic carbocycles. The van der Waals surface area contributed by atoms with E-state index >= 15 is 0 Å². The molecule has 2 aromatic heterocycles. The van der Waals surface area contributed by atoms with Crippen molar-refractivity contribution < 1.29 is 9.53 Å². The zero-order valence-electron chi connectivity index (χ0n) is 25.5. The van der Waals surface area contributed by atoms with Gasteiger partial charge >= 0.3 is 0 Å². The van der Waals surface area contributed by atoms with Crippen LogP contribution in [0, 0.1) is 13.8 Å². The van der Waals surface area contributed by atoms with E-state index in [0.29, 0.717) is 23.1 Å². The molecule has 5 rings (SSSR count). The van der Waals surface area contributed by atoms with E-state index in [0.717, 1.165) is 41.4 Å². The highest BCUT2D eigenvalue weighted by Gasteiger charge is 2.41. The van der Waals surface area contributed by atoms with Gasteiger partial charge in [-0.3, -0.25) is 9.78 Å². The van der Waals surface area contributed by atoms with Crippen molar-refractivity contribution in [2.45, 2.75) is 46.2 Å². The van der Waals surface area contributed by atoms with Crippen molar-refractivity contribution >= 4 is 34.6 Å². The molecule has 0 bridgehead atoms. The number of carbonyl (C=O) groups is 1. The number of pyridine rings is 1. The van der Waals surface area contributed by atoms with Gasteiger partial charge in [-0.25, -0.2) is 0 Å². The number of methoxy groups -OCH3 is 1. The van der Waals surface area contributed by atoms with E-state index in [1.54, 1.807) is 13.3 Å². The van der Waals surface area contributed by atoms with Crippen molar-refractivity contribution in [3.05, 3.63) is 102 Å². The third kappa shape index (κ3) is 6.22. The first kappa shape index (κ1) is 30.1. The van der Waals surface area contributed by atoms with Crippen molar-refractivity contribution in [1.29, 1.82) is 0 Å². The molecule has 2 atom stereocenters. The number of amides is 1. The number of aromatic nitrogens is 2. The van der Waals surface area contributed by atoms with Gasteiger partial charge in [-0.05, 0) is 100 Å². The minimum Gasteiger partial charge on any atom is -0.495 e. The molecule has 0 unspecified atom stereocenters. The topological polar surface area (TPSA) is 74.7 Å². The van der Waals surface area contributed by atoms with E-state index < -0.39 is 0 Å². The van der Waals surface area contributed by atoms with E-state index in [9.17, 15) is 4.79 Å². The molecule has 0 aliphatic carbocycles. The summed E-state index contributed by atoms with van der Waals surface area (Å²) in [7, 11) is 1.59. The zero-order valence-corrected chi connectivity index (χ0v) is 26.3. The Morgan fingerprint density at radius 1 is 1.05 bits per heavy atom. The van der Waals surface area contributed by atoms with Crippen LogP contribution in [0.15, 0.2) is 79.0 Å². The fraction of sp³-hybridized carbons (Fsp3) is 0.324. The number of benzene rings is 2. The number of anilines is 2. The summed E-state index contributed by atoms with van der Waals surface area (Å²) in [6.45, 7) is 11.0. The van der Waals surface area contributed by atoms with E-state index in [2.05, 4.69) is 88.0 Å². The van der Waals surface area contributed by atoms with Crippen LogP contribution in [0.3, 0.4) is 0 Å². The van der Waals surface area contributed by atoms with Gasteiger partial charge in [-0.15, -0.1) is 0 Å². The molecule has 224 valence electrons. The number of hydrogen-bond acceptors (Lipinski definition) is 5. The van der Waals surface area contributed by atoms with E-state index in [-0.39, 0.29) is 24.4 Å². The molecule has 9 heteroatoms. The minimum absolute atomic E-state index is 0.105. The van der Waals surface area contributed by atoms with Crippen LogP contribution >= 0.6 is 12.2 Å². The third-order valence-electron chi connectivity index (χ3n) is 8.18. The largest absolute Gasteiger partial charge is 0.495 e. The second-order valence-electron chi connectivity index (χ2n) is 10.7. The molecule has 8 nitrogen and oxygen atoms in total. The van der Waals surface area contributed by atoms with Gasteiger partial charge in [0.1, 0.15) is 5.75 Å². The van der Waals surface area contributed by atoms with Gasteiger partial charge in [0.25, 0.3) is 0 Å². The van der Waals surface area contributed by atoms with Gasteiger partial charge in [0.15, 0.2) is 5.11 Å². The van der Waals surface area contributed by atoms with E-state index in [1.807, 2.05) is 42.5 Å². The maximum Gasteiger partial charge on any atom is 0.226 e. The summed E-state index contributed by atoms with van der Waals surface area (Å²) in [5, 5.41) is 7.12. The second kappa shape index (κ2) is 13.3. The van der Waals surface area contributed by atoms with Crippen LogP contribution in [0.25, 0.3) is 5.69 Å². The Morgan fingerprint density at radius 2 is 1.77 bits per heavy atom. The number of nitrogens with zero attached hydrogens (tertiary/aromatic N) is 4. The fourth-order valence-electron chi connectivity index (χ4n) is 6.05. The van der Waals surface area contributed by atoms with Crippen LogP contribution < -0.4 is 20.3 Å². The predicted octanol–water partition coefficient (Wildman–Crippen LogP) is 6.35. The monoisotopic (exact) mass is 596 g/mol. The van der Waals surface area contributed by atoms with Crippen molar-refractivity contribution in [3.8, 4) is 11.4 Å². The first-order chi connectivity index (χ1) is 20.9. The molecule has 2 N–H and O–H groups in total. The number of ether oxygens (including phenoxy) is 1. The minimum atomic E-state index is -0.162. The summed E-state index contributed by atoms with van der Waals surface area (Å²) in [5.74, 6) is 0.519. The normalized spacial score (nSPS) is 16.2. The number of carbonyl (C=O) groups excluding carboxylic acids is 1. The standard InChI is InChI=1S/C34H40N6O2S/c1-6-38(7-2)25-15-17-26(18-16-25)40-23(3)22-27(24(40)4)33-32(29-13-10-11-20-35-29)37-34(43)39(33)21-19-31(41)36-28-12-8-9-14-30(28)42-5/h8-18,20,22,32-33H,6-7,19,21H2,1-5H3,(H,36,41)(H,37,43)/t32-,33-/m0/s1. The smallest absolute Gasteiger partial charge is 0.226 e. The van der Waals surface area contributed by atoms with Gasteiger partial charge in [-0.1, -0.05) is 18.2 Å². The van der Waals surface area contributed by atoms with Crippen LogP contribution in [-0.4, -0.2) is 52.2 Å². The molecule has 3 heterocycles. The Balaban J connectivity index is 1.45. The van der Waals surface area contributed by atoms with Gasteiger partial charge < -0.3 is 29.7 Å². The maximum atomic E-state index is 13.1. The highest BCUT2D eigenvalue weighted by atomic mass is 32.1. The molecule has 0 saturated carbocycles. The van der Waals surface area contributed by atoms with Crippen LogP contribution in [0.5, 0.6) is 5.75 Å². The Bertz CT molecular complexity index is 1570. The lowest BCUT2D eigenvalue weighted by molar-refractivity contribution is -0.116. The lowest BCUT2D eigenvalue weighted by Gasteiger charge is -2.28. The van der Waals surface area contributed by atoms with Gasteiger partial charge in [-0.2, -0.15) is 0 Å². The summed E-state index contributed by atoms with van der Waals surface area (Å²) in [4.78, 5) is 22.2. The van der Waals surface area contributed by atoms with E-state index in [1.165, 1.54) is 5.69 Å². The third-order valence-corrected chi connectivity index (χ3v) is 8.54. The summed E-state index contributed by atoms with van der Waals surface area (Å²) in [6.07, 6.45) is 2.07. The van der Waals surface area contributed by atoms with Crippen molar-refractivity contribution in [2.75, 3.05) is 37.0 Å². The predicted molar refractivity (Wildman–Crippen MR) is 177 cm³/mol. The van der Waals surface area contributed by atoms with Crippen LogP contribution in [0.4, 0.5) is 11.4 Å². The number of rotatable bonds is 11. The second-order valence-corrected chi connectivity index (χ2v) is 11.1. The Hall–Kier alpha value is -4.37. The van der Waals surface area contributed by atoms with Gasteiger partial charge in [0.2, 0.25) is 5.91 Å².